The molecule has 21 heteroatoms. The monoisotopic (exact) mass is 952 g/mol. The predicted octanol–water partition coefficient (Wildman–Crippen LogP) is 5.73. The van der Waals surface area contributed by atoms with Crippen LogP contribution in [-0.2, 0) is 55.1 Å². The van der Waals surface area contributed by atoms with E-state index in [1.807, 2.05) is 0 Å². The van der Waals surface area contributed by atoms with E-state index in [4.69, 9.17) is 20.3 Å². The SMILES string of the molecule is C[C@]1(CCC(=O)O)C2=NC(=C1CC(=O)O)[C@]1(C)[N-]/C(=C\C3=NC(=C(CCC(=O)O)[C@]3(C)CC(=O)O)C[C@]3(C)N=C(C2)C(CCC(=O)O)=C3CC(=O)O)[C@@H](CCC(=O)O)[C@]1(C)CC(=O)O.[Co]. The van der Waals surface area contributed by atoms with Gasteiger partial charge in [-0.1, -0.05) is 32.4 Å². The van der Waals surface area contributed by atoms with Gasteiger partial charge in [-0.05, 0) is 73.2 Å². The van der Waals surface area contributed by atoms with E-state index >= 15 is 0 Å². The Bertz CT molecular complexity index is 2360. The van der Waals surface area contributed by atoms with Crippen LogP contribution in [0.25, 0.3) is 5.32 Å². The van der Waals surface area contributed by atoms with E-state index < -0.39 is 132 Å². The van der Waals surface area contributed by atoms with E-state index in [1.165, 1.54) is 19.9 Å². The zero-order valence-electron chi connectivity index (χ0n) is 36.5. The molecule has 5 heterocycles. The molecule has 0 aliphatic carbocycles. The third-order valence-corrected chi connectivity index (χ3v) is 13.9. The maximum Gasteiger partial charge on any atom is 0.307 e. The summed E-state index contributed by atoms with van der Waals surface area (Å²) < 4.78 is 0. The van der Waals surface area contributed by atoms with Gasteiger partial charge in [0.05, 0.1) is 31.2 Å². The molecule has 5 aliphatic heterocycles. The molecule has 1 saturated heterocycles. The minimum Gasteiger partial charge on any atom is -0.677 e. The molecule has 65 heavy (non-hydrogen) atoms. The van der Waals surface area contributed by atoms with Gasteiger partial charge in [0.1, 0.15) is 0 Å². The van der Waals surface area contributed by atoms with Gasteiger partial charge in [0.15, 0.2) is 0 Å². The van der Waals surface area contributed by atoms with Crippen molar-refractivity contribution in [1.29, 1.82) is 0 Å². The Balaban J connectivity index is 0.00000925. The van der Waals surface area contributed by atoms with Crippen LogP contribution in [0.4, 0.5) is 0 Å². The smallest absolute Gasteiger partial charge is 0.307 e. The molecule has 5 rings (SSSR count). The Kier molecular flexibility index (Phi) is 15.0. The fourth-order valence-corrected chi connectivity index (χ4v) is 10.5. The molecule has 1 radical (unpaired) electrons. The maximum atomic E-state index is 12.9. The number of carboxylic acids is 8. The molecule has 0 aromatic heterocycles. The van der Waals surface area contributed by atoms with Crippen molar-refractivity contribution < 1.29 is 96.0 Å². The van der Waals surface area contributed by atoms with Crippen LogP contribution in [0.1, 0.15) is 125 Å². The molecule has 1 fully saturated rings. The largest absolute Gasteiger partial charge is 0.677 e. The van der Waals surface area contributed by atoms with Gasteiger partial charge in [-0.15, -0.1) is 0 Å². The summed E-state index contributed by atoms with van der Waals surface area (Å²) in [6, 6.07) is 0. The molecule has 0 aromatic rings. The summed E-state index contributed by atoms with van der Waals surface area (Å²) in [6.45, 7) is 7.81. The van der Waals surface area contributed by atoms with Crippen LogP contribution in [0.15, 0.2) is 60.4 Å². The number of nitrogens with zero attached hydrogens (tertiary/aromatic N) is 4. The number of allylic oxidation sites excluding steroid dienone is 4. The molecule has 0 aromatic carbocycles. The number of aliphatic imine (C=N–C) groups is 3. The molecule has 355 valence electrons. The van der Waals surface area contributed by atoms with Crippen molar-refractivity contribution in [1.82, 2.24) is 0 Å². The Morgan fingerprint density at radius 2 is 1.20 bits per heavy atom. The second kappa shape index (κ2) is 18.9. The van der Waals surface area contributed by atoms with Gasteiger partial charge in [-0.25, -0.2) is 0 Å². The Labute approximate surface area is 383 Å². The van der Waals surface area contributed by atoms with E-state index in [2.05, 4.69) is 0 Å². The van der Waals surface area contributed by atoms with Crippen LogP contribution in [0.5, 0.6) is 0 Å². The summed E-state index contributed by atoms with van der Waals surface area (Å²) in [5, 5.41) is 86.4. The van der Waals surface area contributed by atoms with Crippen LogP contribution in [0, 0.1) is 22.2 Å². The minimum absolute atomic E-state index is 0. The van der Waals surface area contributed by atoms with Crippen molar-refractivity contribution in [3.8, 4) is 0 Å². The number of carbonyl (C=O) groups is 8. The normalized spacial score (nSPS) is 29.9. The second-order valence-corrected chi connectivity index (χ2v) is 18.2. The zero-order valence-corrected chi connectivity index (χ0v) is 37.6. The summed E-state index contributed by atoms with van der Waals surface area (Å²) in [6.07, 6.45) is -4.62. The number of fused-ring (bicyclic) bond motifs is 6. The Morgan fingerprint density at radius 1 is 0.646 bits per heavy atom. The first-order valence-corrected chi connectivity index (χ1v) is 20.7. The first-order chi connectivity index (χ1) is 29.6. The second-order valence-electron chi connectivity index (χ2n) is 18.2. The van der Waals surface area contributed by atoms with Crippen LogP contribution in [-0.4, -0.2) is 117 Å². The third kappa shape index (κ3) is 9.99. The molecule has 20 nitrogen and oxygen atoms in total. The quantitative estimate of drug-likeness (QED) is 0.0722. The van der Waals surface area contributed by atoms with Gasteiger partial charge >= 0.3 is 47.8 Å². The van der Waals surface area contributed by atoms with Crippen molar-refractivity contribution in [3.63, 3.8) is 0 Å². The molecular weight excluding hydrogens is 899 g/mol. The summed E-state index contributed by atoms with van der Waals surface area (Å²) >= 11 is 0. The molecule has 0 amide bonds. The molecule has 0 unspecified atom stereocenters. The van der Waals surface area contributed by atoms with Crippen LogP contribution in [0.2, 0.25) is 0 Å². The van der Waals surface area contributed by atoms with Gasteiger partial charge in [-0.3, -0.25) is 53.3 Å². The number of aliphatic carboxylic acids is 8. The first kappa shape index (κ1) is 51.7. The maximum absolute atomic E-state index is 12.9. The molecule has 8 bridgehead atoms. The number of hydrogen-bond donors (Lipinski definition) is 8. The molecule has 5 aliphatic rings. The van der Waals surface area contributed by atoms with Gasteiger partial charge < -0.3 is 46.2 Å². The summed E-state index contributed by atoms with van der Waals surface area (Å²) in [5.41, 5.74) is -6.64. The topological polar surface area (TPSA) is 350 Å². The summed E-state index contributed by atoms with van der Waals surface area (Å²) in [7, 11) is 0. The minimum atomic E-state index is -1.81. The summed E-state index contributed by atoms with van der Waals surface area (Å²) in [4.78, 5) is 115. The van der Waals surface area contributed by atoms with Crippen molar-refractivity contribution in [2.75, 3.05) is 0 Å². The Morgan fingerprint density at radius 3 is 1.74 bits per heavy atom. The molecule has 6 atom stereocenters. The molecule has 8 N–H and O–H groups in total. The van der Waals surface area contributed by atoms with Crippen molar-refractivity contribution in [3.05, 3.63) is 50.8 Å². The number of carboxylic acid groups (broad SMARTS) is 8. The average Bonchev–Trinajstić information content (AvgIpc) is 3.72. The average molecular weight is 953 g/mol. The zero-order chi connectivity index (χ0) is 47.9. The van der Waals surface area contributed by atoms with Crippen LogP contribution in [0.3, 0.4) is 0 Å². The van der Waals surface area contributed by atoms with E-state index in [9.17, 15) is 79.2 Å². The van der Waals surface area contributed by atoms with E-state index in [0.29, 0.717) is 0 Å². The van der Waals surface area contributed by atoms with Crippen LogP contribution < -0.4 is 0 Å². The first-order valence-electron chi connectivity index (χ1n) is 20.7. The van der Waals surface area contributed by atoms with Crippen molar-refractivity contribution in [2.45, 2.75) is 136 Å². The number of hydrogen-bond acceptors (Lipinski definition) is 11. The van der Waals surface area contributed by atoms with E-state index in [1.54, 1.807) is 20.8 Å². The summed E-state index contributed by atoms with van der Waals surface area (Å²) in [5.74, 6) is -11.3. The van der Waals surface area contributed by atoms with E-state index in [0.717, 1.165) is 0 Å². The van der Waals surface area contributed by atoms with Crippen molar-refractivity contribution >= 4 is 64.9 Å². The van der Waals surface area contributed by atoms with Crippen LogP contribution >= 0.6 is 0 Å². The Hall–Kier alpha value is -5.96. The predicted molar refractivity (Wildman–Crippen MR) is 225 cm³/mol. The van der Waals surface area contributed by atoms with E-state index in [-0.39, 0.29) is 112 Å². The standard InChI is InChI=1S/C44H54N4O16.Co/c1-40(13-12-34(55)56)25(15-36(59)60)39-44(5)42(3,20-38(63)64)23(8-11-33(53)54)27(48-44)17-30-41(2,19-37(61)62)22(7-10-32(51)52)28(45-30)18-43(4)24(14-35(57)58)21(6-9-31(49)50)26(47-43)16-29(40)46-39;/h17,23H,6-16,18-20H2,1-5H3,(H9,45,48,49,50,51,52,53,54,55,56,57,58,59,60,61,62,63,64);/p-1/t23-,40-,41+,42+,43+,44+;/m1./s1. The molecule has 0 saturated carbocycles. The van der Waals surface area contributed by atoms with Gasteiger partial charge in [-0.2, -0.15) is 5.70 Å². The van der Waals surface area contributed by atoms with Gasteiger partial charge in [0.25, 0.3) is 0 Å². The third-order valence-electron chi connectivity index (χ3n) is 13.9. The fraction of sp³-hybridized carbons (Fsp3) is 0.568. The van der Waals surface area contributed by atoms with Crippen molar-refractivity contribution in [2.24, 2.45) is 37.1 Å². The van der Waals surface area contributed by atoms with Gasteiger partial charge in [0, 0.05) is 94.7 Å². The van der Waals surface area contributed by atoms with Gasteiger partial charge in [0.2, 0.25) is 0 Å². The molecular formula is C44H53CoN4O16-. The number of rotatable bonds is 20. The molecule has 0 spiro atoms. The fourth-order valence-electron chi connectivity index (χ4n) is 10.5.